The Morgan fingerprint density at radius 1 is 1.25 bits per heavy atom. The second-order valence-electron chi connectivity index (χ2n) is 2.69. The number of Topliss-reactive ketones (excluding diaryl/α,β-unsaturated/α-hetero) is 1. The van der Waals surface area contributed by atoms with Crippen LogP contribution in [0.15, 0.2) is 45.6 Å². The van der Waals surface area contributed by atoms with E-state index in [1.54, 1.807) is 18.2 Å². The lowest BCUT2D eigenvalue weighted by molar-refractivity contribution is 0.0875. The van der Waals surface area contributed by atoms with Gasteiger partial charge in [0, 0.05) is 0 Å². The maximum Gasteiger partial charge on any atom is 0.223 e. The van der Waals surface area contributed by atoms with E-state index in [-0.39, 0.29) is 11.5 Å². The van der Waals surface area contributed by atoms with Crippen LogP contribution in [0.2, 0.25) is 0 Å². The molecule has 0 spiro atoms. The van der Waals surface area contributed by atoms with Crippen molar-refractivity contribution in [1.82, 2.24) is 0 Å². The molecular formula is C11H10O5. The summed E-state index contributed by atoms with van der Waals surface area (Å²) in [4.78, 5) is 20.3. The molecule has 84 valence electrons. The zero-order valence-electron chi connectivity index (χ0n) is 8.33. The van der Waals surface area contributed by atoms with Gasteiger partial charge in [0.1, 0.15) is 6.61 Å². The first-order valence-corrected chi connectivity index (χ1v) is 4.44. The first kappa shape index (κ1) is 11.9. The van der Waals surface area contributed by atoms with Crippen molar-refractivity contribution in [3.8, 4) is 0 Å². The van der Waals surface area contributed by atoms with Gasteiger partial charge in [-0.25, -0.2) is 0 Å². The highest BCUT2D eigenvalue weighted by Gasteiger charge is 2.04. The van der Waals surface area contributed by atoms with Crippen molar-refractivity contribution in [3.05, 3.63) is 48.3 Å². The molecule has 0 saturated heterocycles. The fourth-order valence-corrected chi connectivity index (χ4v) is 0.873. The Morgan fingerprint density at radius 2 is 1.94 bits per heavy atom. The highest BCUT2D eigenvalue weighted by Crippen LogP contribution is 1.99. The van der Waals surface area contributed by atoms with Crippen LogP contribution in [0.1, 0.15) is 21.1 Å². The third-order valence-electron chi connectivity index (χ3n) is 1.60. The molecule has 0 fully saturated rings. The summed E-state index contributed by atoms with van der Waals surface area (Å²) < 4.78 is 9.29. The third-order valence-corrected chi connectivity index (χ3v) is 1.60. The molecule has 0 aliphatic carbocycles. The molecule has 0 aromatic carbocycles. The van der Waals surface area contributed by atoms with Crippen LogP contribution in [0.5, 0.6) is 0 Å². The van der Waals surface area contributed by atoms with Gasteiger partial charge < -0.3 is 13.9 Å². The first-order valence-electron chi connectivity index (χ1n) is 4.44. The highest BCUT2D eigenvalue weighted by molar-refractivity contribution is 5.94. The van der Waals surface area contributed by atoms with Crippen molar-refractivity contribution >= 4 is 12.1 Å². The largest absolute Gasteiger partial charge is 0.462 e. The van der Waals surface area contributed by atoms with Crippen molar-refractivity contribution in [1.29, 1.82) is 0 Å². The zero-order valence-corrected chi connectivity index (χ0v) is 8.33. The molecule has 2 heterocycles. The number of hydrogen-bond acceptors (Lipinski definition) is 5. The summed E-state index contributed by atoms with van der Waals surface area (Å²) in [5.74, 6) is 0.192. The number of aldehydes is 1. The van der Waals surface area contributed by atoms with E-state index in [4.69, 9.17) is 5.11 Å². The molecule has 16 heavy (non-hydrogen) atoms. The smallest absolute Gasteiger partial charge is 0.223 e. The average Bonchev–Trinajstić information content (AvgIpc) is 3.01. The summed E-state index contributed by atoms with van der Waals surface area (Å²) in [5, 5.41) is 8.30. The standard InChI is InChI=1S/C6H6O3.C5H4O2/c7-4-5(8)6-2-1-3-9-6;6-4-5-2-1-3-7-5/h1-3,7H,4H2;1-4H. The molecule has 0 aliphatic rings. The summed E-state index contributed by atoms with van der Waals surface area (Å²) in [6.07, 6.45) is 3.52. The van der Waals surface area contributed by atoms with Crippen LogP contribution in [-0.4, -0.2) is 23.8 Å². The van der Waals surface area contributed by atoms with Gasteiger partial charge >= 0.3 is 0 Å². The molecule has 0 bridgehead atoms. The molecule has 0 amide bonds. The quantitative estimate of drug-likeness (QED) is 0.629. The summed E-state index contributed by atoms with van der Waals surface area (Å²) in [5.41, 5.74) is 0. The van der Waals surface area contributed by atoms with Crippen molar-refractivity contribution in [2.45, 2.75) is 0 Å². The van der Waals surface area contributed by atoms with Gasteiger partial charge in [-0.1, -0.05) is 0 Å². The molecule has 0 unspecified atom stereocenters. The lowest BCUT2D eigenvalue weighted by Crippen LogP contribution is -2.01. The van der Waals surface area contributed by atoms with E-state index in [0.717, 1.165) is 0 Å². The van der Waals surface area contributed by atoms with Crippen LogP contribution in [0, 0.1) is 0 Å². The summed E-state index contributed by atoms with van der Waals surface area (Å²) >= 11 is 0. The Kier molecular flexibility index (Phi) is 4.75. The lowest BCUT2D eigenvalue weighted by atomic mass is 10.3. The van der Waals surface area contributed by atoms with Crippen LogP contribution >= 0.6 is 0 Å². The second kappa shape index (κ2) is 6.36. The molecule has 1 N–H and O–H groups in total. The van der Waals surface area contributed by atoms with E-state index < -0.39 is 6.61 Å². The fraction of sp³-hybridized carbons (Fsp3) is 0.0909. The molecule has 2 aromatic rings. The maximum absolute atomic E-state index is 10.5. The van der Waals surface area contributed by atoms with E-state index in [2.05, 4.69) is 8.83 Å². The monoisotopic (exact) mass is 222 g/mol. The summed E-state index contributed by atoms with van der Waals surface area (Å²) in [7, 11) is 0. The van der Waals surface area contributed by atoms with Gasteiger partial charge in [0.2, 0.25) is 5.78 Å². The average molecular weight is 222 g/mol. The number of carbonyl (C=O) groups excluding carboxylic acids is 2. The van der Waals surface area contributed by atoms with Crippen LogP contribution in [-0.2, 0) is 0 Å². The molecule has 2 rings (SSSR count). The minimum Gasteiger partial charge on any atom is -0.462 e. The molecule has 0 aliphatic heterocycles. The van der Waals surface area contributed by atoms with Gasteiger partial charge in [-0.15, -0.1) is 0 Å². The lowest BCUT2D eigenvalue weighted by Gasteiger charge is -1.85. The van der Waals surface area contributed by atoms with Crippen molar-refractivity contribution in [2.75, 3.05) is 6.61 Å². The maximum atomic E-state index is 10.5. The number of carbonyl (C=O) groups is 2. The number of hydrogen-bond donors (Lipinski definition) is 1. The van der Waals surface area contributed by atoms with Crippen molar-refractivity contribution < 1.29 is 23.5 Å². The Balaban J connectivity index is 0.000000165. The minimum absolute atomic E-state index is 0.206. The van der Waals surface area contributed by atoms with Gasteiger partial charge in [0.15, 0.2) is 17.8 Å². The summed E-state index contributed by atoms with van der Waals surface area (Å²) in [6, 6.07) is 6.39. The number of furan rings is 2. The van der Waals surface area contributed by atoms with Gasteiger partial charge in [-0.3, -0.25) is 9.59 Å². The Bertz CT molecular complexity index is 413. The van der Waals surface area contributed by atoms with Crippen LogP contribution < -0.4 is 0 Å². The Labute approximate surface area is 91.3 Å². The van der Waals surface area contributed by atoms with E-state index >= 15 is 0 Å². The molecule has 2 aromatic heterocycles. The molecule has 0 radical (unpaired) electrons. The highest BCUT2D eigenvalue weighted by atomic mass is 16.3. The van der Waals surface area contributed by atoms with Crippen molar-refractivity contribution in [3.63, 3.8) is 0 Å². The number of rotatable bonds is 3. The topological polar surface area (TPSA) is 80.6 Å². The van der Waals surface area contributed by atoms with Crippen LogP contribution in [0.4, 0.5) is 0 Å². The predicted octanol–water partition coefficient (Wildman–Crippen LogP) is 1.55. The van der Waals surface area contributed by atoms with Crippen molar-refractivity contribution in [2.24, 2.45) is 0 Å². The van der Waals surface area contributed by atoms with E-state index in [0.29, 0.717) is 12.0 Å². The van der Waals surface area contributed by atoms with Gasteiger partial charge in [0.05, 0.1) is 12.5 Å². The number of aliphatic hydroxyl groups excluding tert-OH is 1. The fourth-order valence-electron chi connectivity index (χ4n) is 0.873. The first-order chi connectivity index (χ1) is 7.77. The third kappa shape index (κ3) is 3.55. The summed E-state index contributed by atoms with van der Waals surface area (Å²) in [6.45, 7) is -0.493. The molecule has 0 saturated carbocycles. The second-order valence-corrected chi connectivity index (χ2v) is 2.69. The SMILES string of the molecule is O=C(CO)c1ccco1.O=Cc1ccco1. The van der Waals surface area contributed by atoms with E-state index in [9.17, 15) is 9.59 Å². The van der Waals surface area contributed by atoms with Crippen LogP contribution in [0.3, 0.4) is 0 Å². The number of ketones is 1. The Morgan fingerprint density at radius 3 is 2.31 bits per heavy atom. The van der Waals surface area contributed by atoms with Crippen LogP contribution in [0.25, 0.3) is 0 Å². The predicted molar refractivity (Wildman–Crippen MR) is 54.2 cm³/mol. The molecule has 0 atom stereocenters. The molecular weight excluding hydrogens is 212 g/mol. The van der Waals surface area contributed by atoms with Gasteiger partial charge in [0.25, 0.3) is 0 Å². The molecule has 5 nitrogen and oxygen atoms in total. The molecule has 5 heteroatoms. The Hall–Kier alpha value is -2.14. The normalized spacial score (nSPS) is 9.06. The van der Waals surface area contributed by atoms with E-state index in [1.165, 1.54) is 18.6 Å². The van der Waals surface area contributed by atoms with E-state index in [1.807, 2.05) is 0 Å². The minimum atomic E-state index is -0.493. The van der Waals surface area contributed by atoms with Gasteiger partial charge in [-0.2, -0.15) is 0 Å². The number of aliphatic hydroxyl groups is 1. The zero-order chi connectivity index (χ0) is 11.8. The van der Waals surface area contributed by atoms with Gasteiger partial charge in [-0.05, 0) is 24.3 Å².